The van der Waals surface area contributed by atoms with Gasteiger partial charge in [0.25, 0.3) is 0 Å². The number of fused-ring (bicyclic) bond motifs is 6. The van der Waals surface area contributed by atoms with Gasteiger partial charge in [-0.15, -0.1) is 0 Å². The van der Waals surface area contributed by atoms with Crippen molar-refractivity contribution in [1.82, 2.24) is 15.0 Å². The molecule has 5 nitrogen and oxygen atoms in total. The molecule has 0 aliphatic rings. The zero-order valence-electron chi connectivity index (χ0n) is 26.7. The van der Waals surface area contributed by atoms with Crippen LogP contribution in [-0.4, -0.2) is 15.0 Å². The number of benzene rings is 7. The molecule has 50 heavy (non-hydrogen) atoms. The van der Waals surface area contributed by atoms with E-state index >= 15 is 0 Å². The Labute approximate surface area is 287 Å². The average Bonchev–Trinajstić information content (AvgIpc) is 3.76. The molecule has 0 fully saturated rings. The Morgan fingerprint density at radius 3 is 1.50 bits per heavy atom. The number of para-hydroxylation sites is 2. The molecule has 5 heteroatoms. The van der Waals surface area contributed by atoms with Gasteiger partial charge in [-0.2, -0.15) is 0 Å². The molecule has 0 radical (unpaired) electrons. The fourth-order valence-electron chi connectivity index (χ4n) is 6.88. The fourth-order valence-corrected chi connectivity index (χ4v) is 6.88. The molecule has 0 bridgehead atoms. The second-order valence-electron chi connectivity index (χ2n) is 12.4. The standard InChI is InChI=1S/C45H27N3O2/c1-2-9-28(10-3-1)29-17-21-31(22-18-29)43-46-44(48-45(47-43)33-25-26-40-37(27-33)35-11-4-6-14-38(35)49-40)32-23-19-30(20-24-32)34-13-8-16-41-42(34)36-12-5-7-15-39(36)50-41/h1-27H. The van der Waals surface area contributed by atoms with Crippen LogP contribution in [0.3, 0.4) is 0 Å². The molecule has 0 amide bonds. The Morgan fingerprint density at radius 2 is 0.780 bits per heavy atom. The van der Waals surface area contributed by atoms with Crippen molar-refractivity contribution in [3.63, 3.8) is 0 Å². The highest BCUT2D eigenvalue weighted by Crippen LogP contribution is 2.38. The van der Waals surface area contributed by atoms with Crippen molar-refractivity contribution in [1.29, 1.82) is 0 Å². The molecule has 0 aliphatic carbocycles. The van der Waals surface area contributed by atoms with E-state index in [0.717, 1.165) is 82.8 Å². The van der Waals surface area contributed by atoms with Crippen LogP contribution in [0.25, 0.3) is 100 Å². The number of hydrogen-bond donors (Lipinski definition) is 0. The number of furan rings is 2. The Kier molecular flexibility index (Phi) is 6.42. The van der Waals surface area contributed by atoms with Crippen molar-refractivity contribution in [2.24, 2.45) is 0 Å². The maximum atomic E-state index is 6.16. The van der Waals surface area contributed by atoms with E-state index in [9.17, 15) is 0 Å². The van der Waals surface area contributed by atoms with E-state index in [-0.39, 0.29) is 0 Å². The summed E-state index contributed by atoms with van der Waals surface area (Å²) >= 11 is 0. The van der Waals surface area contributed by atoms with E-state index in [4.69, 9.17) is 23.8 Å². The summed E-state index contributed by atoms with van der Waals surface area (Å²) in [5, 5.41) is 4.31. The zero-order chi connectivity index (χ0) is 33.0. The molecule has 3 heterocycles. The fraction of sp³-hybridized carbons (Fsp3) is 0. The van der Waals surface area contributed by atoms with Crippen molar-refractivity contribution < 1.29 is 8.83 Å². The predicted octanol–water partition coefficient (Wildman–Crippen LogP) is 12.0. The Bertz CT molecular complexity index is 2850. The molecular formula is C45H27N3O2. The highest BCUT2D eigenvalue weighted by Gasteiger charge is 2.16. The summed E-state index contributed by atoms with van der Waals surface area (Å²) in [6.07, 6.45) is 0. The minimum Gasteiger partial charge on any atom is -0.456 e. The summed E-state index contributed by atoms with van der Waals surface area (Å²) in [6.45, 7) is 0. The van der Waals surface area contributed by atoms with Gasteiger partial charge < -0.3 is 8.83 Å². The van der Waals surface area contributed by atoms with Gasteiger partial charge in [0.1, 0.15) is 22.3 Å². The van der Waals surface area contributed by atoms with Crippen LogP contribution in [0.5, 0.6) is 0 Å². The maximum Gasteiger partial charge on any atom is 0.164 e. The third-order valence-corrected chi connectivity index (χ3v) is 9.38. The molecule has 0 aliphatic heterocycles. The third kappa shape index (κ3) is 4.75. The smallest absolute Gasteiger partial charge is 0.164 e. The molecule has 0 spiro atoms. The summed E-state index contributed by atoms with van der Waals surface area (Å²) in [4.78, 5) is 15.1. The summed E-state index contributed by atoms with van der Waals surface area (Å²) in [7, 11) is 0. The topological polar surface area (TPSA) is 65.0 Å². The van der Waals surface area contributed by atoms with Gasteiger partial charge in [-0.05, 0) is 58.7 Å². The van der Waals surface area contributed by atoms with Gasteiger partial charge in [-0.25, -0.2) is 15.0 Å². The monoisotopic (exact) mass is 641 g/mol. The molecule has 0 N–H and O–H groups in total. The summed E-state index contributed by atoms with van der Waals surface area (Å²) in [5.41, 5.74) is 10.7. The first-order valence-corrected chi connectivity index (χ1v) is 16.6. The van der Waals surface area contributed by atoms with Gasteiger partial charge >= 0.3 is 0 Å². The third-order valence-electron chi connectivity index (χ3n) is 9.38. The molecule has 0 atom stereocenters. The highest BCUT2D eigenvalue weighted by molar-refractivity contribution is 6.12. The minimum atomic E-state index is 0.600. The van der Waals surface area contributed by atoms with Crippen LogP contribution < -0.4 is 0 Å². The van der Waals surface area contributed by atoms with Crippen LogP contribution in [0.4, 0.5) is 0 Å². The first-order valence-electron chi connectivity index (χ1n) is 16.6. The quantitative estimate of drug-likeness (QED) is 0.187. The Hall–Kier alpha value is -6.85. The number of nitrogens with zero attached hydrogens (tertiary/aromatic N) is 3. The molecule has 234 valence electrons. The lowest BCUT2D eigenvalue weighted by atomic mass is 9.98. The SMILES string of the molecule is c1ccc(-c2ccc(-c3nc(-c4ccc(-c5cccc6oc7ccccc7c56)cc4)nc(-c4ccc5oc6ccccc6c5c4)n3)cc2)cc1. The lowest BCUT2D eigenvalue weighted by molar-refractivity contribution is 0.668. The first kappa shape index (κ1) is 28.2. The summed E-state index contributed by atoms with van der Waals surface area (Å²) in [6, 6.07) is 55.8. The molecule has 0 saturated carbocycles. The number of hydrogen-bond acceptors (Lipinski definition) is 5. The van der Waals surface area contributed by atoms with Crippen LogP contribution >= 0.6 is 0 Å². The minimum absolute atomic E-state index is 0.600. The normalized spacial score (nSPS) is 11.6. The summed E-state index contributed by atoms with van der Waals surface area (Å²) in [5.74, 6) is 1.82. The van der Waals surface area contributed by atoms with Gasteiger partial charge in [-0.1, -0.05) is 127 Å². The number of aromatic nitrogens is 3. The maximum absolute atomic E-state index is 6.16. The van der Waals surface area contributed by atoms with Crippen LogP contribution in [0.15, 0.2) is 173 Å². The highest BCUT2D eigenvalue weighted by atomic mass is 16.3. The first-order chi connectivity index (χ1) is 24.7. The Balaban J connectivity index is 1.10. The van der Waals surface area contributed by atoms with Crippen molar-refractivity contribution in [2.45, 2.75) is 0 Å². The molecule has 10 aromatic rings. The van der Waals surface area contributed by atoms with Gasteiger partial charge in [0.2, 0.25) is 0 Å². The number of rotatable bonds is 5. The van der Waals surface area contributed by atoms with E-state index in [1.54, 1.807) is 0 Å². The molecule has 10 rings (SSSR count). The van der Waals surface area contributed by atoms with Crippen molar-refractivity contribution >= 4 is 43.9 Å². The molecule has 0 unspecified atom stereocenters. The predicted molar refractivity (Wildman–Crippen MR) is 202 cm³/mol. The van der Waals surface area contributed by atoms with E-state index in [1.807, 2.05) is 60.7 Å². The Morgan fingerprint density at radius 1 is 0.300 bits per heavy atom. The van der Waals surface area contributed by atoms with Crippen molar-refractivity contribution in [2.75, 3.05) is 0 Å². The lowest BCUT2D eigenvalue weighted by Crippen LogP contribution is -2.00. The van der Waals surface area contributed by atoms with Crippen LogP contribution in [-0.2, 0) is 0 Å². The van der Waals surface area contributed by atoms with Gasteiger partial charge in [0.05, 0.1) is 0 Å². The van der Waals surface area contributed by atoms with Crippen LogP contribution in [0, 0.1) is 0 Å². The molecular weight excluding hydrogens is 615 g/mol. The van der Waals surface area contributed by atoms with Gasteiger partial charge in [0.15, 0.2) is 17.5 Å². The largest absolute Gasteiger partial charge is 0.456 e. The average molecular weight is 642 g/mol. The van der Waals surface area contributed by atoms with E-state index in [1.165, 1.54) is 0 Å². The van der Waals surface area contributed by atoms with Gasteiger partial charge in [-0.3, -0.25) is 0 Å². The second kappa shape index (κ2) is 11.4. The summed E-state index contributed by atoms with van der Waals surface area (Å²) < 4.78 is 12.3. The molecule has 7 aromatic carbocycles. The second-order valence-corrected chi connectivity index (χ2v) is 12.4. The van der Waals surface area contributed by atoms with Crippen molar-refractivity contribution in [3.8, 4) is 56.4 Å². The zero-order valence-corrected chi connectivity index (χ0v) is 26.7. The lowest BCUT2D eigenvalue weighted by Gasteiger charge is -2.10. The van der Waals surface area contributed by atoms with E-state index < -0.39 is 0 Å². The van der Waals surface area contributed by atoms with E-state index in [0.29, 0.717) is 17.5 Å². The van der Waals surface area contributed by atoms with Crippen LogP contribution in [0.2, 0.25) is 0 Å². The van der Waals surface area contributed by atoms with Crippen molar-refractivity contribution in [3.05, 3.63) is 164 Å². The van der Waals surface area contributed by atoms with E-state index in [2.05, 4.69) is 103 Å². The van der Waals surface area contributed by atoms with Gasteiger partial charge in [0, 0.05) is 38.2 Å². The molecule has 3 aromatic heterocycles. The molecule has 0 saturated heterocycles. The van der Waals surface area contributed by atoms with Crippen LogP contribution in [0.1, 0.15) is 0 Å².